The van der Waals surface area contributed by atoms with Gasteiger partial charge >= 0.3 is 0 Å². The maximum absolute atomic E-state index is 12.3. The van der Waals surface area contributed by atoms with Crippen LogP contribution in [0.1, 0.15) is 49.5 Å². The average molecular weight is 340 g/mol. The lowest BCUT2D eigenvalue weighted by atomic mass is 9.94. The number of nitrogens with one attached hydrogen (secondary N) is 1. The highest BCUT2D eigenvalue weighted by atomic mass is 35.5. The largest absolute Gasteiger partial charge is 0.350 e. The fourth-order valence-corrected chi connectivity index (χ4v) is 2.73. The van der Waals surface area contributed by atoms with Crippen LogP contribution in [0.4, 0.5) is 5.69 Å². The molecule has 0 atom stereocenters. The molecule has 6 heteroatoms. The molecule has 3 N–H and O–H groups in total. The van der Waals surface area contributed by atoms with Crippen LogP contribution in [0.2, 0.25) is 0 Å². The van der Waals surface area contributed by atoms with Crippen molar-refractivity contribution in [3.05, 3.63) is 29.3 Å². The van der Waals surface area contributed by atoms with E-state index < -0.39 is 0 Å². The molecule has 0 unspecified atom stereocenters. The molecule has 0 saturated carbocycles. The summed E-state index contributed by atoms with van der Waals surface area (Å²) in [6.07, 6.45) is 2.43. The van der Waals surface area contributed by atoms with Gasteiger partial charge in [0.2, 0.25) is 5.91 Å². The highest BCUT2D eigenvalue weighted by Crippen LogP contribution is 2.28. The van der Waals surface area contributed by atoms with Crippen molar-refractivity contribution >= 4 is 29.9 Å². The molecule has 1 aromatic carbocycles. The first-order valence-electron chi connectivity index (χ1n) is 7.88. The number of fused-ring (bicyclic) bond motifs is 1. The Bertz CT molecular complexity index is 585. The van der Waals surface area contributed by atoms with Gasteiger partial charge in [-0.15, -0.1) is 12.4 Å². The summed E-state index contributed by atoms with van der Waals surface area (Å²) in [5.74, 6) is -0.0736. The summed E-state index contributed by atoms with van der Waals surface area (Å²) in [6.45, 7) is 6.78. The van der Waals surface area contributed by atoms with Gasteiger partial charge in [0.05, 0.1) is 0 Å². The van der Waals surface area contributed by atoms with Gasteiger partial charge in [0.15, 0.2) is 0 Å². The smallest absolute Gasteiger partial charge is 0.251 e. The van der Waals surface area contributed by atoms with Gasteiger partial charge in [-0.3, -0.25) is 9.59 Å². The fourth-order valence-electron chi connectivity index (χ4n) is 2.73. The topological polar surface area (TPSA) is 75.4 Å². The summed E-state index contributed by atoms with van der Waals surface area (Å²) in [6, 6.07) is 5.50. The second kappa shape index (κ2) is 7.79. The van der Waals surface area contributed by atoms with Crippen LogP contribution < -0.4 is 16.0 Å². The third kappa shape index (κ3) is 4.24. The SMILES string of the molecule is CCC(N)(CC)CNC(=O)c1ccc2c(c1)CCN2C(C)=O.Cl. The molecule has 1 aliphatic heterocycles. The molecule has 1 aliphatic rings. The van der Waals surface area contributed by atoms with Gasteiger partial charge in [0, 0.05) is 36.8 Å². The third-order valence-electron chi connectivity index (χ3n) is 4.63. The van der Waals surface area contributed by atoms with Crippen molar-refractivity contribution in [1.82, 2.24) is 5.32 Å². The third-order valence-corrected chi connectivity index (χ3v) is 4.63. The lowest BCUT2D eigenvalue weighted by molar-refractivity contribution is -0.116. The Morgan fingerprint density at radius 1 is 1.30 bits per heavy atom. The van der Waals surface area contributed by atoms with E-state index in [1.54, 1.807) is 17.9 Å². The lowest BCUT2D eigenvalue weighted by Gasteiger charge is -2.26. The Morgan fingerprint density at radius 3 is 2.52 bits per heavy atom. The van der Waals surface area contributed by atoms with E-state index in [-0.39, 0.29) is 29.8 Å². The van der Waals surface area contributed by atoms with Gasteiger partial charge in [-0.1, -0.05) is 13.8 Å². The van der Waals surface area contributed by atoms with Crippen LogP contribution in [0, 0.1) is 0 Å². The number of rotatable bonds is 5. The molecule has 1 aromatic rings. The van der Waals surface area contributed by atoms with E-state index in [0.717, 1.165) is 30.5 Å². The molecule has 0 aromatic heterocycles. The van der Waals surface area contributed by atoms with Gasteiger partial charge in [-0.2, -0.15) is 0 Å². The molecule has 0 aliphatic carbocycles. The molecule has 0 fully saturated rings. The number of benzene rings is 1. The molecule has 2 rings (SSSR count). The van der Waals surface area contributed by atoms with E-state index >= 15 is 0 Å². The standard InChI is InChI=1S/C17H25N3O2.ClH/c1-4-17(18,5-2)11-19-16(22)14-6-7-15-13(10-14)8-9-20(15)12(3)21;/h6-7,10H,4-5,8-9,11,18H2,1-3H3,(H,19,22);1H. The number of halogens is 1. The number of nitrogens with zero attached hydrogens (tertiary/aromatic N) is 1. The Balaban J connectivity index is 0.00000264. The average Bonchev–Trinajstić information content (AvgIpc) is 2.95. The normalized spacial score (nSPS) is 13.3. The number of carbonyl (C=O) groups excluding carboxylic acids is 2. The van der Waals surface area contributed by atoms with Crippen molar-refractivity contribution in [3.8, 4) is 0 Å². The number of hydrogen-bond donors (Lipinski definition) is 2. The zero-order valence-electron chi connectivity index (χ0n) is 14.0. The number of carbonyl (C=O) groups is 2. The van der Waals surface area contributed by atoms with Crippen LogP contribution in [0.25, 0.3) is 0 Å². The molecule has 1 heterocycles. The molecule has 0 radical (unpaired) electrons. The van der Waals surface area contributed by atoms with Gasteiger partial charge in [0.25, 0.3) is 5.91 Å². The van der Waals surface area contributed by atoms with E-state index in [1.165, 1.54) is 0 Å². The molecule has 5 nitrogen and oxygen atoms in total. The van der Waals surface area contributed by atoms with Crippen LogP contribution in [0.5, 0.6) is 0 Å². The zero-order chi connectivity index (χ0) is 16.3. The second-order valence-electron chi connectivity index (χ2n) is 6.02. The molecule has 0 spiro atoms. The summed E-state index contributed by atoms with van der Waals surface area (Å²) >= 11 is 0. The molecule has 23 heavy (non-hydrogen) atoms. The summed E-state index contributed by atoms with van der Waals surface area (Å²) in [5.41, 5.74) is 8.45. The van der Waals surface area contributed by atoms with E-state index in [4.69, 9.17) is 5.73 Å². The minimum atomic E-state index is -0.349. The molecule has 2 amide bonds. The number of hydrogen-bond acceptors (Lipinski definition) is 3. The van der Waals surface area contributed by atoms with E-state index in [2.05, 4.69) is 5.32 Å². The van der Waals surface area contributed by atoms with E-state index in [9.17, 15) is 9.59 Å². The summed E-state index contributed by atoms with van der Waals surface area (Å²) < 4.78 is 0. The number of amides is 2. The van der Waals surface area contributed by atoms with Crippen molar-refractivity contribution in [3.63, 3.8) is 0 Å². The van der Waals surface area contributed by atoms with Crippen molar-refractivity contribution in [2.75, 3.05) is 18.0 Å². The highest BCUT2D eigenvalue weighted by Gasteiger charge is 2.24. The van der Waals surface area contributed by atoms with Crippen LogP contribution in [0.3, 0.4) is 0 Å². The van der Waals surface area contributed by atoms with Gasteiger partial charge in [-0.25, -0.2) is 0 Å². The first-order chi connectivity index (χ1) is 10.4. The molecular weight excluding hydrogens is 314 g/mol. The summed E-state index contributed by atoms with van der Waals surface area (Å²) in [5, 5.41) is 2.92. The molecule has 0 bridgehead atoms. The minimum absolute atomic E-state index is 0. The highest BCUT2D eigenvalue weighted by molar-refractivity contribution is 5.97. The van der Waals surface area contributed by atoms with E-state index in [1.807, 2.05) is 26.0 Å². The summed E-state index contributed by atoms with van der Waals surface area (Å²) in [7, 11) is 0. The quantitative estimate of drug-likeness (QED) is 0.864. The van der Waals surface area contributed by atoms with Gasteiger partial charge in [0.1, 0.15) is 0 Å². The predicted octanol–water partition coefficient (Wildman–Crippen LogP) is 2.26. The Labute approximate surface area is 144 Å². The minimum Gasteiger partial charge on any atom is -0.350 e. The van der Waals surface area contributed by atoms with Crippen LogP contribution in [0.15, 0.2) is 18.2 Å². The zero-order valence-corrected chi connectivity index (χ0v) is 14.8. The van der Waals surface area contributed by atoms with Crippen molar-refractivity contribution in [1.29, 1.82) is 0 Å². The Kier molecular flexibility index (Phi) is 6.59. The first kappa shape index (κ1) is 19.5. The Morgan fingerprint density at radius 2 is 1.96 bits per heavy atom. The second-order valence-corrected chi connectivity index (χ2v) is 6.02. The van der Waals surface area contributed by atoms with Crippen molar-refractivity contribution < 1.29 is 9.59 Å². The number of nitrogens with two attached hydrogens (primary N) is 1. The van der Waals surface area contributed by atoms with Crippen molar-refractivity contribution in [2.24, 2.45) is 5.73 Å². The van der Waals surface area contributed by atoms with Crippen LogP contribution >= 0.6 is 12.4 Å². The predicted molar refractivity (Wildman–Crippen MR) is 95.3 cm³/mol. The summed E-state index contributed by atoms with van der Waals surface area (Å²) in [4.78, 5) is 25.6. The van der Waals surface area contributed by atoms with E-state index in [0.29, 0.717) is 18.7 Å². The van der Waals surface area contributed by atoms with Crippen molar-refractivity contribution in [2.45, 2.75) is 45.6 Å². The molecular formula is C17H26ClN3O2. The fraction of sp³-hybridized carbons (Fsp3) is 0.529. The number of anilines is 1. The Hall–Kier alpha value is -1.59. The van der Waals surface area contributed by atoms with Gasteiger partial charge < -0.3 is 16.0 Å². The monoisotopic (exact) mass is 339 g/mol. The lowest BCUT2D eigenvalue weighted by Crippen LogP contribution is -2.49. The molecule has 128 valence electrons. The maximum Gasteiger partial charge on any atom is 0.251 e. The van der Waals surface area contributed by atoms with Gasteiger partial charge in [-0.05, 0) is 43.0 Å². The molecule has 0 saturated heterocycles. The van der Waals surface area contributed by atoms with Crippen LogP contribution in [-0.4, -0.2) is 30.4 Å². The van der Waals surface area contributed by atoms with Crippen LogP contribution in [-0.2, 0) is 11.2 Å². The maximum atomic E-state index is 12.3. The first-order valence-corrected chi connectivity index (χ1v) is 7.88.